The molecule has 0 spiro atoms. The average molecular weight is 233 g/mol. The lowest BCUT2D eigenvalue weighted by atomic mass is 9.72. The lowest BCUT2D eigenvalue weighted by Gasteiger charge is -2.36. The second-order valence-corrected chi connectivity index (χ2v) is 5.24. The van der Waals surface area contributed by atoms with E-state index in [4.69, 9.17) is 4.42 Å². The second-order valence-electron chi connectivity index (χ2n) is 5.24. The third kappa shape index (κ3) is 3.47. The van der Waals surface area contributed by atoms with Gasteiger partial charge in [0.15, 0.2) is 0 Å². The maximum Gasteiger partial charge on any atom is 0.117 e. The highest BCUT2D eigenvalue weighted by molar-refractivity contribution is 4.98. The molecule has 2 nitrogen and oxygen atoms in total. The van der Waals surface area contributed by atoms with Gasteiger partial charge in [0.1, 0.15) is 5.76 Å². The van der Waals surface area contributed by atoms with Crippen LogP contribution in [0, 0.1) is 5.41 Å². The van der Waals surface area contributed by atoms with Gasteiger partial charge in [-0.15, -0.1) is 6.58 Å². The van der Waals surface area contributed by atoms with Crippen molar-refractivity contribution >= 4 is 0 Å². The van der Waals surface area contributed by atoms with Crippen molar-refractivity contribution in [1.29, 1.82) is 0 Å². The zero-order valence-electron chi connectivity index (χ0n) is 10.6. The van der Waals surface area contributed by atoms with E-state index in [0.717, 1.165) is 25.3 Å². The van der Waals surface area contributed by atoms with Gasteiger partial charge in [-0.1, -0.05) is 25.3 Å². The van der Waals surface area contributed by atoms with Crippen molar-refractivity contribution in [3.8, 4) is 0 Å². The SMILES string of the molecule is C=CCC1(CNCc2ccco2)CCCCC1. The smallest absolute Gasteiger partial charge is 0.117 e. The van der Waals surface area contributed by atoms with Crippen LogP contribution in [0.25, 0.3) is 0 Å². The average Bonchev–Trinajstić information content (AvgIpc) is 2.84. The van der Waals surface area contributed by atoms with E-state index in [9.17, 15) is 0 Å². The summed E-state index contributed by atoms with van der Waals surface area (Å²) in [5.41, 5.74) is 0.451. The zero-order chi connectivity index (χ0) is 12.0. The highest BCUT2D eigenvalue weighted by atomic mass is 16.3. The number of nitrogens with one attached hydrogen (secondary N) is 1. The molecule has 0 aromatic carbocycles. The number of furan rings is 1. The van der Waals surface area contributed by atoms with E-state index in [1.807, 2.05) is 12.1 Å². The minimum Gasteiger partial charge on any atom is -0.468 e. The first-order valence-corrected chi connectivity index (χ1v) is 6.69. The molecule has 1 saturated carbocycles. The zero-order valence-corrected chi connectivity index (χ0v) is 10.6. The summed E-state index contributed by atoms with van der Waals surface area (Å²) in [4.78, 5) is 0. The molecule has 1 N–H and O–H groups in total. The molecular weight excluding hydrogens is 210 g/mol. The lowest BCUT2D eigenvalue weighted by molar-refractivity contribution is 0.183. The van der Waals surface area contributed by atoms with Gasteiger partial charge in [0.05, 0.1) is 12.8 Å². The molecule has 1 aliphatic carbocycles. The Kier molecular flexibility index (Phi) is 4.43. The van der Waals surface area contributed by atoms with Crippen LogP contribution in [-0.2, 0) is 6.54 Å². The fourth-order valence-electron chi connectivity index (χ4n) is 2.93. The molecule has 0 amide bonds. The van der Waals surface area contributed by atoms with Crippen molar-refractivity contribution in [2.24, 2.45) is 5.41 Å². The molecule has 1 heterocycles. The molecule has 0 bridgehead atoms. The van der Waals surface area contributed by atoms with E-state index in [-0.39, 0.29) is 0 Å². The van der Waals surface area contributed by atoms with E-state index in [0.29, 0.717) is 5.41 Å². The van der Waals surface area contributed by atoms with Crippen molar-refractivity contribution in [2.45, 2.75) is 45.1 Å². The summed E-state index contributed by atoms with van der Waals surface area (Å²) in [5, 5.41) is 3.54. The van der Waals surface area contributed by atoms with Gasteiger partial charge in [0, 0.05) is 6.54 Å². The molecule has 1 fully saturated rings. The molecular formula is C15H23NO. The molecule has 17 heavy (non-hydrogen) atoms. The van der Waals surface area contributed by atoms with Crippen molar-refractivity contribution < 1.29 is 4.42 Å². The summed E-state index contributed by atoms with van der Waals surface area (Å²) in [5.74, 6) is 1.02. The quantitative estimate of drug-likeness (QED) is 0.754. The predicted octanol–water partition coefficient (Wildman–Crippen LogP) is 3.90. The summed E-state index contributed by atoms with van der Waals surface area (Å²) in [6, 6.07) is 3.96. The van der Waals surface area contributed by atoms with Crippen LogP contribution in [0.3, 0.4) is 0 Å². The van der Waals surface area contributed by atoms with Crippen molar-refractivity contribution in [1.82, 2.24) is 5.32 Å². The molecule has 94 valence electrons. The molecule has 0 atom stereocenters. The van der Waals surface area contributed by atoms with Crippen molar-refractivity contribution in [2.75, 3.05) is 6.54 Å². The van der Waals surface area contributed by atoms with Crippen LogP contribution in [-0.4, -0.2) is 6.54 Å². The number of allylic oxidation sites excluding steroid dienone is 1. The second kappa shape index (κ2) is 6.06. The van der Waals surface area contributed by atoms with Gasteiger partial charge in [-0.3, -0.25) is 0 Å². The fourth-order valence-corrected chi connectivity index (χ4v) is 2.93. The third-order valence-corrected chi connectivity index (χ3v) is 3.87. The van der Waals surface area contributed by atoms with Crippen LogP contribution in [0.4, 0.5) is 0 Å². The molecule has 1 aromatic rings. The number of hydrogen-bond acceptors (Lipinski definition) is 2. The van der Waals surface area contributed by atoms with Crippen LogP contribution in [0.1, 0.15) is 44.3 Å². The Morgan fingerprint density at radius 3 is 2.82 bits per heavy atom. The Hall–Kier alpha value is -1.02. The first-order valence-electron chi connectivity index (χ1n) is 6.69. The van der Waals surface area contributed by atoms with Gasteiger partial charge in [0.25, 0.3) is 0 Å². The number of rotatable bonds is 6. The molecule has 0 aliphatic heterocycles. The third-order valence-electron chi connectivity index (χ3n) is 3.87. The Morgan fingerprint density at radius 1 is 1.35 bits per heavy atom. The Labute approximate surface area is 104 Å². The van der Waals surface area contributed by atoms with Crippen LogP contribution >= 0.6 is 0 Å². The van der Waals surface area contributed by atoms with Crippen LogP contribution in [0.15, 0.2) is 35.5 Å². The summed E-state index contributed by atoms with van der Waals surface area (Å²) in [6.45, 7) is 5.83. The standard InChI is InChI=1S/C15H23NO/c1-2-8-15(9-4-3-5-10-15)13-16-12-14-7-6-11-17-14/h2,6-7,11,16H,1,3-5,8-10,12-13H2. The largest absolute Gasteiger partial charge is 0.468 e. The van der Waals surface area contributed by atoms with Crippen LogP contribution < -0.4 is 5.32 Å². The van der Waals surface area contributed by atoms with E-state index in [1.165, 1.54) is 32.1 Å². The van der Waals surface area contributed by atoms with Crippen molar-refractivity contribution in [3.63, 3.8) is 0 Å². The summed E-state index contributed by atoms with van der Waals surface area (Å²) in [6.07, 6.45) is 11.8. The topological polar surface area (TPSA) is 25.2 Å². The van der Waals surface area contributed by atoms with Crippen LogP contribution in [0.5, 0.6) is 0 Å². The summed E-state index contributed by atoms with van der Waals surface area (Å²) < 4.78 is 5.33. The van der Waals surface area contributed by atoms with Gasteiger partial charge in [-0.2, -0.15) is 0 Å². The molecule has 0 radical (unpaired) electrons. The normalized spacial score (nSPS) is 19.1. The van der Waals surface area contributed by atoms with Gasteiger partial charge in [-0.05, 0) is 36.8 Å². The maximum atomic E-state index is 5.33. The van der Waals surface area contributed by atoms with Gasteiger partial charge in [0.2, 0.25) is 0 Å². The fraction of sp³-hybridized carbons (Fsp3) is 0.600. The van der Waals surface area contributed by atoms with E-state index in [2.05, 4.69) is 18.0 Å². The van der Waals surface area contributed by atoms with Crippen LogP contribution in [0.2, 0.25) is 0 Å². The Morgan fingerprint density at radius 2 is 2.18 bits per heavy atom. The minimum absolute atomic E-state index is 0.451. The molecule has 0 saturated heterocycles. The predicted molar refractivity (Wildman–Crippen MR) is 70.7 cm³/mol. The molecule has 2 heteroatoms. The Balaban J connectivity index is 1.82. The van der Waals surface area contributed by atoms with Gasteiger partial charge >= 0.3 is 0 Å². The Bertz CT molecular complexity index is 323. The molecule has 1 aromatic heterocycles. The number of hydrogen-bond donors (Lipinski definition) is 1. The van der Waals surface area contributed by atoms with E-state index < -0.39 is 0 Å². The first kappa shape index (κ1) is 12.4. The monoisotopic (exact) mass is 233 g/mol. The molecule has 0 unspecified atom stereocenters. The minimum atomic E-state index is 0.451. The van der Waals surface area contributed by atoms with E-state index in [1.54, 1.807) is 6.26 Å². The summed E-state index contributed by atoms with van der Waals surface area (Å²) in [7, 11) is 0. The van der Waals surface area contributed by atoms with E-state index >= 15 is 0 Å². The highest BCUT2D eigenvalue weighted by Crippen LogP contribution is 2.39. The van der Waals surface area contributed by atoms with Gasteiger partial charge < -0.3 is 9.73 Å². The van der Waals surface area contributed by atoms with Crippen molar-refractivity contribution in [3.05, 3.63) is 36.8 Å². The summed E-state index contributed by atoms with van der Waals surface area (Å²) >= 11 is 0. The molecule has 1 aliphatic rings. The first-order chi connectivity index (χ1) is 8.35. The maximum absolute atomic E-state index is 5.33. The lowest BCUT2D eigenvalue weighted by Crippen LogP contribution is -2.35. The molecule has 2 rings (SSSR count). The highest BCUT2D eigenvalue weighted by Gasteiger charge is 2.30. The van der Waals surface area contributed by atoms with Gasteiger partial charge in [-0.25, -0.2) is 0 Å².